The average molecular weight is 306 g/mol. The summed E-state index contributed by atoms with van der Waals surface area (Å²) < 4.78 is 11.0. The predicted molar refractivity (Wildman–Crippen MR) is 78.3 cm³/mol. The number of aliphatic hydroxyl groups is 4. The van der Waals surface area contributed by atoms with Crippen LogP contribution in [0.2, 0.25) is 0 Å². The van der Waals surface area contributed by atoms with E-state index in [0.29, 0.717) is 5.75 Å². The summed E-state index contributed by atoms with van der Waals surface area (Å²) in [6, 6.07) is 13.0. The molecule has 1 fully saturated rings. The van der Waals surface area contributed by atoms with Gasteiger partial charge in [-0.05, 0) is 11.5 Å². The van der Waals surface area contributed by atoms with Crippen molar-refractivity contribution < 1.29 is 29.9 Å². The van der Waals surface area contributed by atoms with Crippen molar-refractivity contribution in [3.8, 4) is 5.75 Å². The zero-order valence-corrected chi connectivity index (χ0v) is 11.7. The van der Waals surface area contributed by atoms with E-state index in [4.69, 9.17) is 9.47 Å². The zero-order valence-electron chi connectivity index (χ0n) is 11.7. The number of aliphatic hydroxyl groups excluding tert-OH is 4. The van der Waals surface area contributed by atoms with Crippen molar-refractivity contribution in [3.63, 3.8) is 0 Å². The van der Waals surface area contributed by atoms with Gasteiger partial charge in [-0.25, -0.2) is 0 Å². The highest BCUT2D eigenvalue weighted by Crippen LogP contribution is 2.29. The highest BCUT2D eigenvalue weighted by Gasteiger charge is 2.44. The van der Waals surface area contributed by atoms with Crippen LogP contribution in [0.3, 0.4) is 0 Å². The van der Waals surface area contributed by atoms with E-state index in [0.717, 1.165) is 10.8 Å². The molecule has 1 aliphatic rings. The molecule has 1 saturated heterocycles. The lowest BCUT2D eigenvalue weighted by Gasteiger charge is -2.39. The molecule has 0 bridgehead atoms. The maximum atomic E-state index is 10.0. The second-order valence-electron chi connectivity index (χ2n) is 5.29. The van der Waals surface area contributed by atoms with Crippen LogP contribution in [0, 0.1) is 0 Å². The molecule has 5 atom stereocenters. The molecule has 3 rings (SSSR count). The first kappa shape index (κ1) is 15.2. The van der Waals surface area contributed by atoms with E-state index in [-0.39, 0.29) is 0 Å². The quantitative estimate of drug-likeness (QED) is 0.638. The van der Waals surface area contributed by atoms with Gasteiger partial charge in [0.25, 0.3) is 0 Å². The highest BCUT2D eigenvalue weighted by molar-refractivity contribution is 5.88. The van der Waals surface area contributed by atoms with Crippen LogP contribution < -0.4 is 4.74 Å². The monoisotopic (exact) mass is 306 g/mol. The van der Waals surface area contributed by atoms with Gasteiger partial charge < -0.3 is 29.9 Å². The fraction of sp³-hybridized carbons (Fsp3) is 0.375. The predicted octanol–water partition coefficient (Wildman–Crippen LogP) is 0.0185. The molecule has 6 heteroatoms. The Morgan fingerprint density at radius 3 is 2.41 bits per heavy atom. The maximum absolute atomic E-state index is 10.0. The van der Waals surface area contributed by atoms with Crippen LogP contribution >= 0.6 is 0 Å². The van der Waals surface area contributed by atoms with Crippen molar-refractivity contribution in [2.45, 2.75) is 30.7 Å². The first-order valence-electron chi connectivity index (χ1n) is 7.07. The minimum absolute atomic E-state index is 0.486. The minimum atomic E-state index is -1.45. The Hall–Kier alpha value is -1.70. The van der Waals surface area contributed by atoms with Crippen LogP contribution in [0.1, 0.15) is 0 Å². The molecule has 0 radical (unpaired) electrons. The number of hydrogen-bond acceptors (Lipinski definition) is 6. The van der Waals surface area contributed by atoms with Crippen LogP contribution in [-0.4, -0.2) is 57.7 Å². The van der Waals surface area contributed by atoms with Crippen molar-refractivity contribution >= 4 is 10.8 Å². The summed E-state index contributed by atoms with van der Waals surface area (Å²) in [5, 5.41) is 40.5. The van der Waals surface area contributed by atoms with Crippen molar-refractivity contribution in [1.82, 2.24) is 0 Å². The third-order valence-corrected chi connectivity index (χ3v) is 3.84. The van der Waals surface area contributed by atoms with Crippen LogP contribution in [0.4, 0.5) is 0 Å². The molecule has 0 spiro atoms. The summed E-state index contributed by atoms with van der Waals surface area (Å²) in [6.07, 6.45) is -6.44. The van der Waals surface area contributed by atoms with Crippen LogP contribution in [-0.2, 0) is 4.74 Å². The Balaban J connectivity index is 1.87. The second-order valence-corrected chi connectivity index (χ2v) is 5.29. The second kappa shape index (κ2) is 6.20. The van der Waals surface area contributed by atoms with E-state index in [1.54, 1.807) is 6.07 Å². The lowest BCUT2D eigenvalue weighted by Crippen LogP contribution is -2.60. The summed E-state index contributed by atoms with van der Waals surface area (Å²) >= 11 is 0. The SMILES string of the molecule is OC[C@H]1O[C@@H](Oc2cccc3ccccc23)[C@H](O)[C@@H](O)[C@@H]1O. The summed E-state index contributed by atoms with van der Waals surface area (Å²) in [7, 11) is 0. The molecule has 0 aromatic heterocycles. The van der Waals surface area contributed by atoms with Gasteiger partial charge in [-0.1, -0.05) is 36.4 Å². The standard InChI is InChI=1S/C16H18O6/c17-8-12-13(18)14(19)15(20)16(22-12)21-11-7-3-5-9-4-1-2-6-10(9)11/h1-7,12-20H,8H2/t12-,13-,14+,15-,16-/m1/s1. The van der Waals surface area contributed by atoms with Crippen LogP contribution in [0.5, 0.6) is 5.75 Å². The summed E-state index contributed by atoms with van der Waals surface area (Å²) in [5.41, 5.74) is 0. The molecule has 0 amide bonds. The Kier molecular flexibility index (Phi) is 4.28. The fourth-order valence-corrected chi connectivity index (χ4v) is 2.59. The normalized spacial score (nSPS) is 32.1. The summed E-state index contributed by atoms with van der Waals surface area (Å²) in [5.74, 6) is 0.488. The molecule has 0 aliphatic carbocycles. The number of benzene rings is 2. The molecule has 0 unspecified atom stereocenters. The van der Waals surface area contributed by atoms with Crippen molar-refractivity contribution in [3.05, 3.63) is 42.5 Å². The van der Waals surface area contributed by atoms with Gasteiger partial charge in [0.15, 0.2) is 0 Å². The number of rotatable bonds is 3. The van der Waals surface area contributed by atoms with Gasteiger partial charge >= 0.3 is 0 Å². The topological polar surface area (TPSA) is 99.4 Å². The van der Waals surface area contributed by atoms with E-state index >= 15 is 0 Å². The molecule has 0 saturated carbocycles. The van der Waals surface area contributed by atoms with E-state index in [1.165, 1.54) is 0 Å². The fourth-order valence-electron chi connectivity index (χ4n) is 2.59. The molecule has 6 nitrogen and oxygen atoms in total. The molecular formula is C16H18O6. The van der Waals surface area contributed by atoms with Crippen LogP contribution in [0.15, 0.2) is 42.5 Å². The lowest BCUT2D eigenvalue weighted by atomic mass is 9.99. The smallest absolute Gasteiger partial charge is 0.229 e. The molecule has 2 aromatic rings. The number of fused-ring (bicyclic) bond motifs is 1. The summed E-state index contributed by atoms with van der Waals surface area (Å²) in [6.45, 7) is -0.486. The minimum Gasteiger partial charge on any atom is -0.461 e. The first-order chi connectivity index (χ1) is 10.6. The van der Waals surface area contributed by atoms with E-state index in [1.807, 2.05) is 36.4 Å². The van der Waals surface area contributed by atoms with Gasteiger partial charge in [-0.3, -0.25) is 0 Å². The first-order valence-corrected chi connectivity index (χ1v) is 7.07. The molecule has 4 N–H and O–H groups in total. The van der Waals surface area contributed by atoms with Gasteiger partial charge in [-0.2, -0.15) is 0 Å². The number of ether oxygens (including phenoxy) is 2. The molecule has 1 heterocycles. The average Bonchev–Trinajstić information content (AvgIpc) is 2.55. The molecule has 118 valence electrons. The Morgan fingerprint density at radius 1 is 0.909 bits per heavy atom. The van der Waals surface area contributed by atoms with Crippen molar-refractivity contribution in [2.75, 3.05) is 6.61 Å². The maximum Gasteiger partial charge on any atom is 0.229 e. The van der Waals surface area contributed by atoms with Crippen molar-refractivity contribution in [1.29, 1.82) is 0 Å². The van der Waals surface area contributed by atoms with Crippen LogP contribution in [0.25, 0.3) is 10.8 Å². The van der Waals surface area contributed by atoms with Gasteiger partial charge in [0, 0.05) is 5.39 Å². The van der Waals surface area contributed by atoms with Gasteiger partial charge in [-0.15, -0.1) is 0 Å². The van der Waals surface area contributed by atoms with Gasteiger partial charge in [0.05, 0.1) is 6.61 Å². The molecule has 2 aromatic carbocycles. The van der Waals surface area contributed by atoms with Gasteiger partial charge in [0.2, 0.25) is 6.29 Å². The Bertz CT molecular complexity index is 638. The van der Waals surface area contributed by atoms with Crippen molar-refractivity contribution in [2.24, 2.45) is 0 Å². The third kappa shape index (κ3) is 2.67. The van der Waals surface area contributed by atoms with E-state index in [2.05, 4.69) is 0 Å². The largest absolute Gasteiger partial charge is 0.461 e. The lowest BCUT2D eigenvalue weighted by molar-refractivity contribution is -0.277. The highest BCUT2D eigenvalue weighted by atomic mass is 16.7. The molecule has 22 heavy (non-hydrogen) atoms. The van der Waals surface area contributed by atoms with E-state index < -0.39 is 37.3 Å². The Morgan fingerprint density at radius 2 is 1.64 bits per heavy atom. The molecular weight excluding hydrogens is 288 g/mol. The zero-order chi connectivity index (χ0) is 15.7. The Labute approximate surface area is 127 Å². The number of hydrogen-bond donors (Lipinski definition) is 4. The third-order valence-electron chi connectivity index (χ3n) is 3.84. The summed E-state index contributed by atoms with van der Waals surface area (Å²) in [4.78, 5) is 0. The van der Waals surface area contributed by atoms with Gasteiger partial charge in [0.1, 0.15) is 30.2 Å². The van der Waals surface area contributed by atoms with E-state index in [9.17, 15) is 20.4 Å². The molecule has 1 aliphatic heterocycles.